The number of alkyl halides is 1. The number of amides is 3. The fourth-order valence-electron chi connectivity index (χ4n) is 5.69. The number of carboxylic acids is 1. The second-order valence-electron chi connectivity index (χ2n) is 12.7. The second-order valence-corrected chi connectivity index (χ2v) is 15.0. The number of esters is 1. The largest absolute Gasteiger partial charge is 0.480 e. The summed E-state index contributed by atoms with van der Waals surface area (Å²) < 4.78 is 40.4. The smallest absolute Gasteiger partial charge is 0.344 e. The van der Waals surface area contributed by atoms with E-state index in [2.05, 4.69) is 12.2 Å². The molecule has 0 spiro atoms. The highest BCUT2D eigenvalue weighted by Crippen LogP contribution is 2.39. The molecule has 2 aromatic carbocycles. The molecule has 0 aromatic heterocycles. The number of aliphatic carboxylic acids is 1. The Kier molecular flexibility index (Phi) is 21.4. The van der Waals surface area contributed by atoms with Gasteiger partial charge in [0.1, 0.15) is 24.2 Å². The lowest BCUT2D eigenvalue weighted by Gasteiger charge is -2.25. The molecule has 1 aliphatic heterocycles. The molecule has 2 aromatic rings. The van der Waals surface area contributed by atoms with E-state index in [1.807, 2.05) is 39.0 Å². The maximum atomic E-state index is 14.5. The molecule has 57 heavy (non-hydrogen) atoms. The van der Waals surface area contributed by atoms with Gasteiger partial charge in [-0.25, -0.2) is 14.1 Å². The van der Waals surface area contributed by atoms with Crippen LogP contribution in [0.2, 0.25) is 5.02 Å². The van der Waals surface area contributed by atoms with Crippen LogP contribution in [0.4, 0.5) is 15.8 Å². The van der Waals surface area contributed by atoms with Gasteiger partial charge in [-0.05, 0) is 69.6 Å². The molecule has 1 aliphatic carbocycles. The first-order valence-electron chi connectivity index (χ1n) is 18.4. The van der Waals surface area contributed by atoms with Gasteiger partial charge in [-0.15, -0.1) is 11.6 Å². The quantitative estimate of drug-likeness (QED) is 0.0327. The van der Waals surface area contributed by atoms with E-state index < -0.39 is 56.6 Å². The van der Waals surface area contributed by atoms with Gasteiger partial charge in [0.25, 0.3) is 11.8 Å². The van der Waals surface area contributed by atoms with Crippen molar-refractivity contribution in [3.05, 3.63) is 63.4 Å². The number of aryl methyl sites for hydroxylation is 2. The van der Waals surface area contributed by atoms with Gasteiger partial charge in [-0.2, -0.15) is 0 Å². The van der Waals surface area contributed by atoms with Crippen LogP contribution in [0.15, 0.2) is 41.5 Å². The van der Waals surface area contributed by atoms with Crippen molar-refractivity contribution < 1.29 is 62.0 Å². The summed E-state index contributed by atoms with van der Waals surface area (Å²) in [6.07, 6.45) is 5.67. The number of nitrogens with one attached hydrogen (secondary N) is 1. The molecule has 316 valence electrons. The summed E-state index contributed by atoms with van der Waals surface area (Å²) in [5.41, 5.74) is 3.80. The number of hydrogen-bond donors (Lipinski definition) is 4. The van der Waals surface area contributed by atoms with Crippen LogP contribution in [0.25, 0.3) is 0 Å². The predicted molar refractivity (Wildman–Crippen MR) is 213 cm³/mol. The first-order valence-corrected chi connectivity index (χ1v) is 21.1. The standard InChI is InChI=1S/C21H23ClFNO5.C14H20ClNO2.C3H8NO5P/c1-2-3-6-9-28-19(25)12-29-18-11-17(16(23)10-15(18)22)24-20(26)13-7-4-5-8-14(13)21(24)27;1-4-12-8-6-7-11(3)14(12)16(10-18-5-2)13(17)9-15;5-3(6)1-4-2-10(7,8)9/h10-11H,2-9,12H2,1H3;6-8H,4-5,9-10H2,1-3H3;4H,1-2H2,(H,5,6)(H2,7,8,9). The van der Waals surface area contributed by atoms with Crippen LogP contribution >= 0.6 is 30.8 Å². The van der Waals surface area contributed by atoms with Gasteiger partial charge in [-0.1, -0.05) is 56.5 Å². The molecular formula is C38H51Cl2FN3O12P. The summed E-state index contributed by atoms with van der Waals surface area (Å²) in [5, 5.41) is 9.99. The number of nitrogens with zero attached hydrogens (tertiary/aromatic N) is 2. The number of imide groups is 1. The Balaban J connectivity index is 0.000000340. The lowest BCUT2D eigenvalue weighted by Crippen LogP contribution is -2.35. The topological polar surface area (TPSA) is 209 Å². The number of halogens is 3. The number of rotatable bonds is 18. The minimum atomic E-state index is -4.10. The second kappa shape index (κ2) is 24.8. The van der Waals surface area contributed by atoms with E-state index in [1.54, 1.807) is 4.90 Å². The molecule has 0 saturated carbocycles. The molecule has 0 radical (unpaired) electrons. The summed E-state index contributed by atoms with van der Waals surface area (Å²) in [6, 6.07) is 8.17. The normalized spacial score (nSPS) is 13.6. The zero-order chi connectivity index (χ0) is 42.7. The zero-order valence-electron chi connectivity index (χ0n) is 32.5. The number of benzene rings is 2. The Bertz CT molecular complexity index is 1780. The van der Waals surface area contributed by atoms with Gasteiger partial charge in [-0.3, -0.25) is 34.0 Å². The lowest BCUT2D eigenvalue weighted by atomic mass is 9.93. The van der Waals surface area contributed by atoms with Gasteiger partial charge < -0.3 is 29.1 Å². The van der Waals surface area contributed by atoms with Crippen LogP contribution in [-0.2, 0) is 44.4 Å². The van der Waals surface area contributed by atoms with Crippen LogP contribution in [-0.4, -0.2) is 89.8 Å². The van der Waals surface area contributed by atoms with E-state index in [0.717, 1.165) is 66.3 Å². The molecule has 0 fully saturated rings. The highest BCUT2D eigenvalue weighted by Gasteiger charge is 2.41. The maximum absolute atomic E-state index is 14.5. The van der Waals surface area contributed by atoms with Crippen molar-refractivity contribution in [2.45, 2.75) is 79.1 Å². The van der Waals surface area contributed by atoms with Crippen molar-refractivity contribution >= 4 is 71.8 Å². The van der Waals surface area contributed by atoms with Crippen LogP contribution in [0.5, 0.6) is 5.75 Å². The van der Waals surface area contributed by atoms with Crippen LogP contribution in [0, 0.1) is 12.7 Å². The van der Waals surface area contributed by atoms with Crippen LogP contribution < -0.4 is 19.9 Å². The first-order chi connectivity index (χ1) is 27.0. The number of anilines is 2. The Morgan fingerprint density at radius 2 is 1.68 bits per heavy atom. The van der Waals surface area contributed by atoms with Crippen molar-refractivity contribution in [3.8, 4) is 5.75 Å². The molecule has 0 saturated heterocycles. The summed E-state index contributed by atoms with van der Waals surface area (Å²) in [4.78, 5) is 77.7. The van der Waals surface area contributed by atoms with Crippen molar-refractivity contribution in [1.82, 2.24) is 5.32 Å². The molecule has 4 N–H and O–H groups in total. The molecule has 4 rings (SSSR count). The Morgan fingerprint density at radius 1 is 1.04 bits per heavy atom. The van der Waals surface area contributed by atoms with Crippen LogP contribution in [0.3, 0.4) is 0 Å². The number of unbranched alkanes of at least 4 members (excludes halogenated alkanes) is 2. The molecular weight excluding hydrogens is 811 g/mol. The number of hydrogen-bond acceptors (Lipinski definition) is 10. The predicted octanol–water partition coefficient (Wildman–Crippen LogP) is 6.25. The van der Waals surface area contributed by atoms with Gasteiger partial charge in [0.15, 0.2) is 6.61 Å². The monoisotopic (exact) mass is 861 g/mol. The average Bonchev–Trinajstić information content (AvgIpc) is 3.41. The van der Waals surface area contributed by atoms with E-state index in [1.165, 1.54) is 6.07 Å². The Labute approximate surface area is 341 Å². The molecule has 2 aliphatic rings. The number of carbonyl (C=O) groups is 5. The Morgan fingerprint density at radius 3 is 2.23 bits per heavy atom. The van der Waals surface area contributed by atoms with E-state index in [9.17, 15) is 32.9 Å². The molecule has 15 nitrogen and oxygen atoms in total. The third-order valence-electron chi connectivity index (χ3n) is 8.40. The molecule has 0 atom stereocenters. The van der Waals surface area contributed by atoms with E-state index in [4.69, 9.17) is 52.3 Å². The third-order valence-corrected chi connectivity index (χ3v) is 9.55. The number of carbonyl (C=O) groups excluding carboxylic acids is 4. The van der Waals surface area contributed by atoms with Crippen molar-refractivity contribution in [2.75, 3.05) is 55.1 Å². The van der Waals surface area contributed by atoms with E-state index >= 15 is 0 Å². The number of para-hydroxylation sites is 1. The van der Waals surface area contributed by atoms with E-state index in [0.29, 0.717) is 37.2 Å². The van der Waals surface area contributed by atoms with Gasteiger partial charge in [0.05, 0.1) is 35.8 Å². The minimum Gasteiger partial charge on any atom is -0.480 e. The molecule has 19 heteroatoms. The maximum Gasteiger partial charge on any atom is 0.344 e. The van der Waals surface area contributed by atoms with Crippen molar-refractivity contribution in [1.29, 1.82) is 0 Å². The SMILES string of the molecule is CCCCCOC(=O)COc1cc(N2C(=O)C3=C(CCCC3)C2=O)c(F)cc1Cl.CCOCN(C(=O)CCl)c1c(C)cccc1CC.O=C(O)CNCP(=O)(O)O. The van der Waals surface area contributed by atoms with Gasteiger partial charge in [0, 0.05) is 23.8 Å². The summed E-state index contributed by atoms with van der Waals surface area (Å²) in [5.74, 6) is -3.72. The highest BCUT2D eigenvalue weighted by atomic mass is 35.5. The van der Waals surface area contributed by atoms with Gasteiger partial charge >= 0.3 is 19.5 Å². The molecule has 1 heterocycles. The molecule has 3 amide bonds. The van der Waals surface area contributed by atoms with Crippen molar-refractivity contribution in [2.24, 2.45) is 0 Å². The summed E-state index contributed by atoms with van der Waals surface area (Å²) in [6.45, 7) is 8.28. The zero-order valence-corrected chi connectivity index (χ0v) is 34.9. The lowest BCUT2D eigenvalue weighted by molar-refractivity contribution is -0.146. The van der Waals surface area contributed by atoms with Crippen molar-refractivity contribution in [3.63, 3.8) is 0 Å². The average molecular weight is 863 g/mol. The molecule has 0 bridgehead atoms. The number of carboxylic acid groups (broad SMARTS) is 1. The summed E-state index contributed by atoms with van der Waals surface area (Å²) in [7, 11) is -4.10. The minimum absolute atomic E-state index is 0.000883. The van der Waals surface area contributed by atoms with Gasteiger partial charge in [0.2, 0.25) is 5.91 Å². The first kappa shape index (κ1) is 49.3. The van der Waals surface area contributed by atoms with Crippen LogP contribution in [0.1, 0.15) is 76.8 Å². The summed E-state index contributed by atoms with van der Waals surface area (Å²) >= 11 is 11.7. The number of ether oxygens (including phenoxy) is 3. The fourth-order valence-corrected chi connectivity index (χ4v) is 6.44. The molecule has 0 unspecified atom stereocenters. The fraction of sp³-hybridized carbons (Fsp3) is 0.500. The van der Waals surface area contributed by atoms with E-state index in [-0.39, 0.29) is 35.0 Å². The highest BCUT2D eigenvalue weighted by molar-refractivity contribution is 7.51. The Hall–Kier alpha value is -3.89. The third kappa shape index (κ3) is 15.8.